The van der Waals surface area contributed by atoms with E-state index in [0.717, 1.165) is 17.0 Å². The molecule has 0 aliphatic carbocycles. The third-order valence-electron chi connectivity index (χ3n) is 3.83. The number of carboxylic acid groups (broad SMARTS) is 1. The highest BCUT2D eigenvalue weighted by atomic mass is 32.1. The SMILES string of the molecule is CN1CCc2c(sc(NC(=O)COc3ccccc3)c2C(=O)O)C1. The van der Waals surface area contributed by atoms with Crippen molar-refractivity contribution in [2.75, 3.05) is 25.5 Å². The van der Waals surface area contributed by atoms with E-state index in [1.165, 1.54) is 11.3 Å². The van der Waals surface area contributed by atoms with E-state index in [0.29, 0.717) is 23.7 Å². The molecule has 3 rings (SSSR count). The van der Waals surface area contributed by atoms with Crippen LogP contribution in [0.15, 0.2) is 30.3 Å². The Kier molecular flexibility index (Phi) is 4.82. The Bertz CT molecular complexity index is 757. The second kappa shape index (κ2) is 7.02. The maximum absolute atomic E-state index is 12.1. The van der Waals surface area contributed by atoms with Gasteiger partial charge in [0, 0.05) is 18.0 Å². The molecule has 1 aromatic heterocycles. The largest absolute Gasteiger partial charge is 0.484 e. The smallest absolute Gasteiger partial charge is 0.339 e. The molecule has 0 fully saturated rings. The quantitative estimate of drug-likeness (QED) is 0.869. The van der Waals surface area contributed by atoms with Crippen LogP contribution < -0.4 is 10.1 Å². The summed E-state index contributed by atoms with van der Waals surface area (Å²) in [6.07, 6.45) is 0.681. The minimum Gasteiger partial charge on any atom is -0.484 e. The predicted molar refractivity (Wildman–Crippen MR) is 91.9 cm³/mol. The van der Waals surface area contributed by atoms with Gasteiger partial charge < -0.3 is 20.1 Å². The lowest BCUT2D eigenvalue weighted by Gasteiger charge is -2.22. The van der Waals surface area contributed by atoms with E-state index in [2.05, 4.69) is 10.2 Å². The molecule has 1 aliphatic rings. The number of thiophene rings is 1. The molecule has 0 saturated carbocycles. The number of likely N-dealkylation sites (N-methyl/N-ethyl adjacent to an activating group) is 1. The van der Waals surface area contributed by atoms with Crippen LogP contribution >= 0.6 is 11.3 Å². The highest BCUT2D eigenvalue weighted by Gasteiger charge is 2.27. The van der Waals surface area contributed by atoms with Crippen molar-refractivity contribution >= 4 is 28.2 Å². The zero-order valence-corrected chi connectivity index (χ0v) is 14.1. The molecule has 1 aromatic carbocycles. The van der Waals surface area contributed by atoms with E-state index in [-0.39, 0.29) is 18.1 Å². The molecule has 1 amide bonds. The van der Waals surface area contributed by atoms with Crippen molar-refractivity contribution in [2.45, 2.75) is 13.0 Å². The summed E-state index contributed by atoms with van der Waals surface area (Å²) in [6, 6.07) is 9.02. The Hall–Kier alpha value is -2.38. The summed E-state index contributed by atoms with van der Waals surface area (Å²) in [4.78, 5) is 26.8. The molecule has 0 saturated heterocycles. The second-order valence-electron chi connectivity index (χ2n) is 5.65. The fourth-order valence-corrected chi connectivity index (χ4v) is 4.01. The van der Waals surface area contributed by atoms with Gasteiger partial charge in [-0.1, -0.05) is 18.2 Å². The van der Waals surface area contributed by atoms with Crippen LogP contribution in [0.4, 0.5) is 5.00 Å². The van der Waals surface area contributed by atoms with Gasteiger partial charge in [0.1, 0.15) is 10.8 Å². The Labute approximate surface area is 143 Å². The number of nitrogens with one attached hydrogen (secondary N) is 1. The molecule has 126 valence electrons. The third-order valence-corrected chi connectivity index (χ3v) is 4.96. The average molecular weight is 346 g/mol. The molecule has 0 spiro atoms. The van der Waals surface area contributed by atoms with E-state index in [4.69, 9.17) is 4.74 Å². The zero-order valence-electron chi connectivity index (χ0n) is 13.2. The summed E-state index contributed by atoms with van der Waals surface area (Å²) in [5.41, 5.74) is 1.06. The number of para-hydroxylation sites is 1. The third kappa shape index (κ3) is 3.58. The van der Waals surface area contributed by atoms with Crippen molar-refractivity contribution < 1.29 is 19.4 Å². The molecule has 7 heteroatoms. The minimum atomic E-state index is -1.00. The van der Waals surface area contributed by atoms with Gasteiger partial charge in [0.15, 0.2) is 6.61 Å². The Morgan fingerprint density at radius 2 is 2.08 bits per heavy atom. The molecule has 6 nitrogen and oxygen atoms in total. The number of nitrogens with zero attached hydrogens (tertiary/aromatic N) is 1. The van der Waals surface area contributed by atoms with Crippen LogP contribution in [0.3, 0.4) is 0 Å². The van der Waals surface area contributed by atoms with Gasteiger partial charge in [-0.3, -0.25) is 4.79 Å². The maximum atomic E-state index is 12.1. The number of anilines is 1. The molecule has 0 unspecified atom stereocenters. The van der Waals surface area contributed by atoms with E-state index < -0.39 is 5.97 Å². The summed E-state index contributed by atoms with van der Waals surface area (Å²) in [7, 11) is 2.00. The van der Waals surface area contributed by atoms with Crippen molar-refractivity contribution in [1.82, 2.24) is 4.90 Å². The van der Waals surface area contributed by atoms with Crippen molar-refractivity contribution in [3.63, 3.8) is 0 Å². The van der Waals surface area contributed by atoms with E-state index in [1.807, 2.05) is 25.2 Å². The van der Waals surface area contributed by atoms with E-state index in [9.17, 15) is 14.7 Å². The summed E-state index contributed by atoms with van der Waals surface area (Å²) < 4.78 is 5.40. The first-order chi connectivity index (χ1) is 11.5. The Morgan fingerprint density at radius 1 is 1.33 bits per heavy atom. The number of ether oxygens (including phenoxy) is 1. The van der Waals surface area contributed by atoms with Gasteiger partial charge in [0.25, 0.3) is 5.91 Å². The van der Waals surface area contributed by atoms with Gasteiger partial charge in [0.2, 0.25) is 0 Å². The molecule has 0 radical (unpaired) electrons. The lowest BCUT2D eigenvalue weighted by molar-refractivity contribution is -0.118. The monoisotopic (exact) mass is 346 g/mol. The number of carbonyl (C=O) groups is 2. The van der Waals surface area contributed by atoms with Gasteiger partial charge in [-0.15, -0.1) is 11.3 Å². The van der Waals surface area contributed by atoms with Crippen LogP contribution in [0.2, 0.25) is 0 Å². The first-order valence-corrected chi connectivity index (χ1v) is 8.40. The topological polar surface area (TPSA) is 78.9 Å². The maximum Gasteiger partial charge on any atom is 0.339 e. The minimum absolute atomic E-state index is 0.161. The molecular formula is C17H18N2O4S. The zero-order chi connectivity index (χ0) is 17.1. The summed E-state index contributed by atoms with van der Waals surface area (Å²) in [5.74, 6) is -0.775. The molecule has 0 bridgehead atoms. The van der Waals surface area contributed by atoms with E-state index in [1.54, 1.807) is 12.1 Å². The molecule has 1 aliphatic heterocycles. The number of carbonyl (C=O) groups excluding carboxylic acids is 1. The molecule has 2 heterocycles. The fraction of sp³-hybridized carbons (Fsp3) is 0.294. The first kappa shape index (κ1) is 16.5. The van der Waals surface area contributed by atoms with Crippen LogP contribution in [0.5, 0.6) is 5.75 Å². The molecule has 0 atom stereocenters. The standard InChI is InChI=1S/C17H18N2O4S/c1-19-8-7-12-13(9-19)24-16(15(12)17(21)22)18-14(20)10-23-11-5-3-2-4-6-11/h2-6H,7-10H2,1H3,(H,18,20)(H,21,22). The summed E-state index contributed by atoms with van der Waals surface area (Å²) >= 11 is 1.33. The van der Waals surface area contributed by atoms with Gasteiger partial charge >= 0.3 is 5.97 Å². The number of benzene rings is 1. The first-order valence-electron chi connectivity index (χ1n) is 7.58. The van der Waals surface area contributed by atoms with Gasteiger partial charge in [0.05, 0.1) is 5.56 Å². The van der Waals surface area contributed by atoms with Crippen molar-refractivity contribution in [2.24, 2.45) is 0 Å². The van der Waals surface area contributed by atoms with Gasteiger partial charge in [-0.2, -0.15) is 0 Å². The number of rotatable bonds is 5. The summed E-state index contributed by atoms with van der Waals surface area (Å²) in [5, 5.41) is 12.6. The lowest BCUT2D eigenvalue weighted by Crippen LogP contribution is -2.26. The average Bonchev–Trinajstić information content (AvgIpc) is 2.90. The highest BCUT2D eigenvalue weighted by Crippen LogP contribution is 2.36. The molecule has 2 N–H and O–H groups in total. The highest BCUT2D eigenvalue weighted by molar-refractivity contribution is 7.17. The van der Waals surface area contributed by atoms with Crippen molar-refractivity contribution in [3.8, 4) is 5.75 Å². The second-order valence-corrected chi connectivity index (χ2v) is 6.76. The number of amides is 1. The van der Waals surface area contributed by atoms with Crippen LogP contribution in [-0.2, 0) is 17.8 Å². The Morgan fingerprint density at radius 3 is 2.79 bits per heavy atom. The fourth-order valence-electron chi connectivity index (χ4n) is 2.67. The van der Waals surface area contributed by atoms with Crippen LogP contribution in [0.1, 0.15) is 20.8 Å². The number of fused-ring (bicyclic) bond motifs is 1. The lowest BCUT2D eigenvalue weighted by atomic mass is 10.0. The van der Waals surface area contributed by atoms with E-state index >= 15 is 0 Å². The molecular weight excluding hydrogens is 328 g/mol. The van der Waals surface area contributed by atoms with Crippen LogP contribution in [0, 0.1) is 0 Å². The normalized spacial score (nSPS) is 14.0. The number of hydrogen-bond donors (Lipinski definition) is 2. The molecule has 2 aromatic rings. The Balaban J connectivity index is 1.72. The number of hydrogen-bond acceptors (Lipinski definition) is 5. The molecule has 24 heavy (non-hydrogen) atoms. The summed E-state index contributed by atoms with van der Waals surface area (Å²) in [6.45, 7) is 1.36. The predicted octanol–water partition coefficient (Wildman–Crippen LogP) is 2.45. The number of carboxylic acids is 1. The van der Waals surface area contributed by atoms with Gasteiger partial charge in [-0.25, -0.2) is 4.79 Å². The van der Waals surface area contributed by atoms with Crippen molar-refractivity contribution in [3.05, 3.63) is 46.3 Å². The van der Waals surface area contributed by atoms with Crippen LogP contribution in [0.25, 0.3) is 0 Å². The van der Waals surface area contributed by atoms with Crippen molar-refractivity contribution in [1.29, 1.82) is 0 Å². The van der Waals surface area contributed by atoms with Crippen LogP contribution in [-0.4, -0.2) is 42.1 Å². The number of aromatic carboxylic acids is 1. The van der Waals surface area contributed by atoms with Gasteiger partial charge in [-0.05, 0) is 31.2 Å².